The Morgan fingerprint density at radius 3 is 2.76 bits per heavy atom. The van der Waals surface area contributed by atoms with Gasteiger partial charge >= 0.3 is 0 Å². The number of amides is 1. The Bertz CT molecular complexity index is 748. The summed E-state index contributed by atoms with van der Waals surface area (Å²) in [6.07, 6.45) is 0.0552. The standard InChI is InChI=1S/C14H12N4O3/c1-15-13(19)8-12-16-14(21-18-12)11-7-10(17-20-11)9-5-3-2-4-6-9/h2-7H,8H2,1H3,(H,15,19). The second-order valence-electron chi connectivity index (χ2n) is 4.31. The second kappa shape index (κ2) is 5.58. The second-order valence-corrected chi connectivity index (χ2v) is 4.31. The highest BCUT2D eigenvalue weighted by molar-refractivity contribution is 5.77. The highest BCUT2D eigenvalue weighted by atomic mass is 16.5. The minimum absolute atomic E-state index is 0.0552. The van der Waals surface area contributed by atoms with Crippen molar-refractivity contribution in [2.24, 2.45) is 0 Å². The van der Waals surface area contributed by atoms with Gasteiger partial charge in [0.1, 0.15) is 5.69 Å². The number of nitrogens with zero attached hydrogens (tertiary/aromatic N) is 3. The third-order valence-electron chi connectivity index (χ3n) is 2.86. The molecule has 0 fully saturated rings. The van der Waals surface area contributed by atoms with Gasteiger partial charge in [-0.2, -0.15) is 4.98 Å². The monoisotopic (exact) mass is 284 g/mol. The first kappa shape index (κ1) is 13.0. The molecule has 2 aromatic heterocycles. The summed E-state index contributed by atoms with van der Waals surface area (Å²) in [5.74, 6) is 0.667. The van der Waals surface area contributed by atoms with Gasteiger partial charge < -0.3 is 14.4 Å². The Hall–Kier alpha value is -2.96. The van der Waals surface area contributed by atoms with E-state index >= 15 is 0 Å². The van der Waals surface area contributed by atoms with Crippen LogP contribution in [0.1, 0.15) is 5.82 Å². The minimum atomic E-state index is -0.190. The lowest BCUT2D eigenvalue weighted by atomic mass is 10.1. The van der Waals surface area contributed by atoms with E-state index in [1.54, 1.807) is 13.1 Å². The summed E-state index contributed by atoms with van der Waals surface area (Å²) >= 11 is 0. The van der Waals surface area contributed by atoms with Crippen molar-refractivity contribution >= 4 is 5.91 Å². The summed E-state index contributed by atoms with van der Waals surface area (Å²) in [5, 5.41) is 10.2. The summed E-state index contributed by atoms with van der Waals surface area (Å²) < 4.78 is 10.3. The number of hydrogen-bond donors (Lipinski definition) is 1. The molecule has 1 amide bonds. The Kier molecular flexibility index (Phi) is 3.46. The van der Waals surface area contributed by atoms with Crippen LogP contribution in [0.15, 0.2) is 45.4 Å². The third-order valence-corrected chi connectivity index (χ3v) is 2.86. The number of rotatable bonds is 4. The summed E-state index contributed by atoms with van der Waals surface area (Å²) in [6.45, 7) is 0. The van der Waals surface area contributed by atoms with E-state index in [4.69, 9.17) is 9.05 Å². The number of aromatic nitrogens is 3. The highest BCUT2D eigenvalue weighted by Crippen LogP contribution is 2.24. The van der Waals surface area contributed by atoms with Crippen molar-refractivity contribution in [1.82, 2.24) is 20.6 Å². The molecular formula is C14H12N4O3. The predicted octanol–water partition coefficient (Wildman–Crippen LogP) is 1.68. The number of nitrogens with one attached hydrogen (secondary N) is 1. The van der Waals surface area contributed by atoms with Gasteiger partial charge in [-0.15, -0.1) is 0 Å². The van der Waals surface area contributed by atoms with Crippen molar-refractivity contribution in [1.29, 1.82) is 0 Å². The first-order chi connectivity index (χ1) is 10.3. The molecule has 0 atom stereocenters. The summed E-state index contributed by atoms with van der Waals surface area (Å²) in [6, 6.07) is 11.3. The van der Waals surface area contributed by atoms with Gasteiger partial charge in [-0.3, -0.25) is 4.79 Å². The normalized spacial score (nSPS) is 10.5. The van der Waals surface area contributed by atoms with Gasteiger partial charge in [0, 0.05) is 18.7 Å². The summed E-state index contributed by atoms with van der Waals surface area (Å²) in [4.78, 5) is 15.4. The molecule has 3 aromatic rings. The smallest absolute Gasteiger partial charge is 0.296 e. The third kappa shape index (κ3) is 2.81. The molecule has 1 N–H and O–H groups in total. The molecule has 1 aromatic carbocycles. The SMILES string of the molecule is CNC(=O)Cc1noc(-c2cc(-c3ccccc3)no2)n1. The van der Waals surface area contributed by atoms with Crippen molar-refractivity contribution in [3.63, 3.8) is 0 Å². The lowest BCUT2D eigenvalue weighted by Gasteiger charge is -1.91. The van der Waals surface area contributed by atoms with Gasteiger partial charge in [0.25, 0.3) is 5.89 Å². The molecule has 0 radical (unpaired) electrons. The van der Waals surface area contributed by atoms with Crippen LogP contribution >= 0.6 is 0 Å². The fourth-order valence-corrected chi connectivity index (χ4v) is 1.78. The number of carbonyl (C=O) groups excluding carboxylic acids is 1. The predicted molar refractivity (Wildman–Crippen MR) is 73.0 cm³/mol. The lowest BCUT2D eigenvalue weighted by Crippen LogP contribution is -2.20. The van der Waals surface area contributed by atoms with Crippen LogP contribution in [0.3, 0.4) is 0 Å². The van der Waals surface area contributed by atoms with E-state index in [1.807, 2.05) is 30.3 Å². The van der Waals surface area contributed by atoms with E-state index in [1.165, 1.54) is 0 Å². The van der Waals surface area contributed by atoms with Gasteiger partial charge in [-0.25, -0.2) is 0 Å². The van der Waals surface area contributed by atoms with Crippen molar-refractivity contribution < 1.29 is 13.8 Å². The van der Waals surface area contributed by atoms with Crippen LogP contribution in [0, 0.1) is 0 Å². The van der Waals surface area contributed by atoms with Crippen LogP contribution in [-0.2, 0) is 11.2 Å². The molecule has 0 unspecified atom stereocenters. The van der Waals surface area contributed by atoms with E-state index in [9.17, 15) is 4.79 Å². The molecule has 7 nitrogen and oxygen atoms in total. The maximum absolute atomic E-state index is 11.2. The zero-order valence-electron chi connectivity index (χ0n) is 11.2. The summed E-state index contributed by atoms with van der Waals surface area (Å²) in [7, 11) is 1.55. The Labute approximate surface area is 120 Å². The van der Waals surface area contributed by atoms with E-state index in [0.29, 0.717) is 17.3 Å². The Morgan fingerprint density at radius 2 is 2.00 bits per heavy atom. The molecule has 7 heteroatoms. The minimum Gasteiger partial charge on any atom is -0.359 e. The van der Waals surface area contributed by atoms with Crippen LogP contribution in [-0.4, -0.2) is 28.3 Å². The number of hydrogen-bond acceptors (Lipinski definition) is 6. The maximum atomic E-state index is 11.2. The van der Waals surface area contributed by atoms with E-state index in [0.717, 1.165) is 5.56 Å². The van der Waals surface area contributed by atoms with Gasteiger partial charge in [0.2, 0.25) is 11.7 Å². The first-order valence-electron chi connectivity index (χ1n) is 6.32. The van der Waals surface area contributed by atoms with Crippen LogP contribution in [0.5, 0.6) is 0 Å². The Morgan fingerprint density at radius 1 is 1.19 bits per heavy atom. The quantitative estimate of drug-likeness (QED) is 0.783. The van der Waals surface area contributed by atoms with Crippen molar-refractivity contribution in [3.05, 3.63) is 42.2 Å². The molecule has 0 aliphatic carbocycles. The topological polar surface area (TPSA) is 94.1 Å². The molecule has 0 saturated heterocycles. The molecule has 2 heterocycles. The van der Waals surface area contributed by atoms with Gasteiger partial charge in [-0.1, -0.05) is 40.6 Å². The lowest BCUT2D eigenvalue weighted by molar-refractivity contribution is -0.120. The van der Waals surface area contributed by atoms with Crippen LogP contribution in [0.4, 0.5) is 0 Å². The van der Waals surface area contributed by atoms with E-state index < -0.39 is 0 Å². The number of carbonyl (C=O) groups is 1. The average molecular weight is 284 g/mol. The summed E-state index contributed by atoms with van der Waals surface area (Å²) in [5.41, 5.74) is 1.61. The molecule has 0 aliphatic heterocycles. The molecule has 0 saturated carbocycles. The molecule has 3 rings (SSSR count). The van der Waals surface area contributed by atoms with Gasteiger partial charge in [-0.05, 0) is 0 Å². The van der Waals surface area contributed by atoms with E-state index in [-0.39, 0.29) is 18.2 Å². The van der Waals surface area contributed by atoms with Gasteiger partial charge in [0.15, 0.2) is 5.82 Å². The first-order valence-corrected chi connectivity index (χ1v) is 6.32. The maximum Gasteiger partial charge on any atom is 0.296 e. The van der Waals surface area contributed by atoms with Crippen LogP contribution < -0.4 is 5.32 Å². The van der Waals surface area contributed by atoms with Crippen LogP contribution in [0.25, 0.3) is 22.9 Å². The molecule has 0 aliphatic rings. The largest absolute Gasteiger partial charge is 0.359 e. The number of likely N-dealkylation sites (N-methyl/N-ethyl adjacent to an activating group) is 1. The van der Waals surface area contributed by atoms with Crippen LogP contribution in [0.2, 0.25) is 0 Å². The molecule has 106 valence electrons. The Balaban J connectivity index is 1.82. The fourth-order valence-electron chi connectivity index (χ4n) is 1.78. The molecule has 0 bridgehead atoms. The number of benzene rings is 1. The van der Waals surface area contributed by atoms with E-state index in [2.05, 4.69) is 20.6 Å². The van der Waals surface area contributed by atoms with Crippen molar-refractivity contribution in [2.75, 3.05) is 7.05 Å². The zero-order chi connectivity index (χ0) is 14.7. The molecule has 21 heavy (non-hydrogen) atoms. The van der Waals surface area contributed by atoms with Crippen molar-refractivity contribution in [2.45, 2.75) is 6.42 Å². The molecule has 0 spiro atoms. The van der Waals surface area contributed by atoms with Gasteiger partial charge in [0.05, 0.1) is 6.42 Å². The average Bonchev–Trinajstić information content (AvgIpc) is 3.17. The van der Waals surface area contributed by atoms with Crippen molar-refractivity contribution in [3.8, 4) is 22.9 Å². The molecular weight excluding hydrogens is 272 g/mol. The zero-order valence-corrected chi connectivity index (χ0v) is 11.2. The highest BCUT2D eigenvalue weighted by Gasteiger charge is 2.16. The fraction of sp³-hybridized carbons (Fsp3) is 0.143.